The Kier molecular flexibility index (Phi) is 4.63. The highest BCUT2D eigenvalue weighted by Crippen LogP contribution is 2.38. The summed E-state index contributed by atoms with van der Waals surface area (Å²) in [7, 11) is 1.52. The zero-order valence-corrected chi connectivity index (χ0v) is 14.9. The van der Waals surface area contributed by atoms with Gasteiger partial charge in [-0.1, -0.05) is 6.07 Å². The van der Waals surface area contributed by atoms with Crippen LogP contribution in [0.5, 0.6) is 11.6 Å². The first-order chi connectivity index (χ1) is 12.8. The van der Waals surface area contributed by atoms with Crippen molar-refractivity contribution < 1.29 is 9.47 Å². The van der Waals surface area contributed by atoms with E-state index in [1.165, 1.54) is 19.1 Å². The molecule has 0 amide bonds. The van der Waals surface area contributed by atoms with Gasteiger partial charge in [-0.3, -0.25) is 0 Å². The lowest BCUT2D eigenvalue weighted by Gasteiger charge is -2.31. The normalized spacial score (nSPS) is 18.8. The van der Waals surface area contributed by atoms with E-state index in [9.17, 15) is 5.26 Å². The van der Waals surface area contributed by atoms with Gasteiger partial charge in [0, 0.05) is 0 Å². The number of ether oxygens (including phenoxy) is 2. The Bertz CT molecular complexity index is 840. The van der Waals surface area contributed by atoms with Crippen LogP contribution in [0, 0.1) is 17.2 Å². The summed E-state index contributed by atoms with van der Waals surface area (Å²) in [6, 6.07) is 10.4. The molecule has 134 valence electrons. The second kappa shape index (κ2) is 7.22. The maximum absolute atomic E-state index is 9.35. The van der Waals surface area contributed by atoms with Crippen LogP contribution < -0.4 is 19.7 Å². The van der Waals surface area contributed by atoms with E-state index in [1.54, 1.807) is 6.20 Å². The summed E-state index contributed by atoms with van der Waals surface area (Å²) < 4.78 is 11.0. The average Bonchev–Trinajstić information content (AvgIpc) is 3.20. The molecule has 0 saturated carbocycles. The summed E-state index contributed by atoms with van der Waals surface area (Å²) in [5, 5.41) is 12.8. The molecule has 0 aliphatic carbocycles. The van der Waals surface area contributed by atoms with E-state index < -0.39 is 0 Å². The molecule has 1 aromatic carbocycles. The molecule has 0 bridgehead atoms. The lowest BCUT2D eigenvalue weighted by molar-refractivity contribution is 0.314. The predicted octanol–water partition coefficient (Wildman–Crippen LogP) is 2.64. The van der Waals surface area contributed by atoms with Gasteiger partial charge < -0.3 is 19.7 Å². The second-order valence-corrected chi connectivity index (χ2v) is 6.73. The summed E-state index contributed by atoms with van der Waals surface area (Å²) in [5.74, 6) is 1.92. The number of hydrogen-bond donors (Lipinski definition) is 1. The summed E-state index contributed by atoms with van der Waals surface area (Å²) in [5.41, 5.74) is 3.67. The number of fused-ring (bicyclic) bond motifs is 1. The number of methoxy groups -OCH3 is 1. The third-order valence-corrected chi connectivity index (χ3v) is 5.04. The Morgan fingerprint density at radius 3 is 3.12 bits per heavy atom. The fourth-order valence-electron chi connectivity index (χ4n) is 3.71. The first-order valence-electron chi connectivity index (χ1n) is 8.96. The molecule has 2 aromatic rings. The molecule has 26 heavy (non-hydrogen) atoms. The molecule has 1 atom stereocenters. The quantitative estimate of drug-likeness (QED) is 0.914. The lowest BCUT2D eigenvalue weighted by atomic mass is 9.97. The van der Waals surface area contributed by atoms with Gasteiger partial charge in [0.15, 0.2) is 0 Å². The number of aromatic nitrogens is 1. The van der Waals surface area contributed by atoms with Crippen LogP contribution in [0.25, 0.3) is 0 Å². The molecular weight excluding hydrogens is 328 g/mol. The zero-order valence-electron chi connectivity index (χ0n) is 14.9. The highest BCUT2D eigenvalue weighted by molar-refractivity contribution is 5.72. The van der Waals surface area contributed by atoms with Crippen molar-refractivity contribution in [2.75, 3.05) is 38.3 Å². The zero-order chi connectivity index (χ0) is 17.9. The van der Waals surface area contributed by atoms with E-state index in [0.29, 0.717) is 24.0 Å². The van der Waals surface area contributed by atoms with Gasteiger partial charge in [0.05, 0.1) is 31.2 Å². The van der Waals surface area contributed by atoms with Crippen molar-refractivity contribution in [2.45, 2.75) is 12.8 Å². The van der Waals surface area contributed by atoms with E-state index in [-0.39, 0.29) is 0 Å². The number of hydrogen-bond acceptors (Lipinski definition) is 6. The van der Waals surface area contributed by atoms with Crippen LogP contribution in [-0.2, 0) is 6.42 Å². The van der Waals surface area contributed by atoms with Gasteiger partial charge in [0.25, 0.3) is 0 Å². The largest absolute Gasteiger partial charge is 0.490 e. The monoisotopic (exact) mass is 350 g/mol. The molecule has 1 unspecified atom stereocenters. The van der Waals surface area contributed by atoms with E-state index in [1.807, 2.05) is 6.07 Å². The molecular formula is C20H22N4O2. The Morgan fingerprint density at radius 2 is 2.35 bits per heavy atom. The molecule has 1 N–H and O–H groups in total. The number of nitrogens with one attached hydrogen (secondary N) is 1. The van der Waals surface area contributed by atoms with Crippen LogP contribution in [-0.4, -0.2) is 38.3 Å². The van der Waals surface area contributed by atoms with Crippen molar-refractivity contribution >= 4 is 11.4 Å². The van der Waals surface area contributed by atoms with Crippen molar-refractivity contribution in [1.82, 2.24) is 10.3 Å². The molecule has 1 saturated heterocycles. The predicted molar refractivity (Wildman–Crippen MR) is 99.1 cm³/mol. The summed E-state index contributed by atoms with van der Waals surface area (Å²) >= 11 is 0. The van der Waals surface area contributed by atoms with Gasteiger partial charge in [-0.15, -0.1) is 0 Å². The average molecular weight is 350 g/mol. The number of anilines is 2. The van der Waals surface area contributed by atoms with Crippen molar-refractivity contribution in [3.8, 4) is 17.7 Å². The maximum Gasteiger partial charge on any atom is 0.231 e. The fourth-order valence-corrected chi connectivity index (χ4v) is 3.71. The van der Waals surface area contributed by atoms with Gasteiger partial charge >= 0.3 is 0 Å². The van der Waals surface area contributed by atoms with Crippen LogP contribution in [0.1, 0.15) is 17.5 Å². The molecule has 0 spiro atoms. The molecule has 0 radical (unpaired) electrons. The van der Waals surface area contributed by atoms with E-state index >= 15 is 0 Å². The topological polar surface area (TPSA) is 70.4 Å². The van der Waals surface area contributed by atoms with Gasteiger partial charge in [0.2, 0.25) is 5.88 Å². The smallest absolute Gasteiger partial charge is 0.231 e. The number of pyridine rings is 1. The Labute approximate surface area is 153 Å². The first kappa shape index (κ1) is 16.7. The highest BCUT2D eigenvalue weighted by Gasteiger charge is 2.23. The van der Waals surface area contributed by atoms with Gasteiger partial charge in [-0.25, -0.2) is 4.98 Å². The molecule has 4 rings (SSSR count). The highest BCUT2D eigenvalue weighted by atomic mass is 16.5. The first-order valence-corrected chi connectivity index (χ1v) is 8.96. The minimum absolute atomic E-state index is 0.354. The third-order valence-electron chi connectivity index (χ3n) is 5.04. The van der Waals surface area contributed by atoms with Gasteiger partial charge in [0.1, 0.15) is 24.0 Å². The molecule has 3 heterocycles. The van der Waals surface area contributed by atoms with Crippen molar-refractivity contribution in [2.24, 2.45) is 5.92 Å². The van der Waals surface area contributed by atoms with Gasteiger partial charge in [-0.2, -0.15) is 5.26 Å². The minimum Gasteiger partial charge on any atom is -0.490 e. The minimum atomic E-state index is 0.354. The standard InChI is InChI=1S/C20H22N4O2/c1-25-20-16(11-21)10-17(13-23-20)24-6-7-26-19-3-2-14(9-18(19)24)8-15-4-5-22-12-15/h2-3,9-10,13,15,22H,4-8,12H2,1H3. The van der Waals surface area contributed by atoms with Crippen LogP contribution in [0.3, 0.4) is 0 Å². The Hall–Kier alpha value is -2.78. The van der Waals surface area contributed by atoms with E-state index in [2.05, 4.69) is 39.5 Å². The molecule has 6 heteroatoms. The van der Waals surface area contributed by atoms with Crippen LogP contribution >= 0.6 is 0 Å². The molecule has 2 aliphatic heterocycles. The van der Waals surface area contributed by atoms with Gasteiger partial charge in [-0.05, 0) is 55.6 Å². The second-order valence-electron chi connectivity index (χ2n) is 6.73. The summed E-state index contributed by atoms with van der Waals surface area (Å²) in [4.78, 5) is 6.46. The van der Waals surface area contributed by atoms with E-state index in [4.69, 9.17) is 9.47 Å². The van der Waals surface area contributed by atoms with Crippen LogP contribution in [0.15, 0.2) is 30.5 Å². The number of benzene rings is 1. The van der Waals surface area contributed by atoms with Crippen molar-refractivity contribution in [3.63, 3.8) is 0 Å². The summed E-state index contributed by atoms with van der Waals surface area (Å²) in [6.07, 6.45) is 4.05. The van der Waals surface area contributed by atoms with Crippen molar-refractivity contribution in [3.05, 3.63) is 41.6 Å². The third kappa shape index (κ3) is 3.18. The molecule has 1 aromatic heterocycles. The van der Waals surface area contributed by atoms with E-state index in [0.717, 1.165) is 43.2 Å². The maximum atomic E-state index is 9.35. The summed E-state index contributed by atoms with van der Waals surface area (Å²) in [6.45, 7) is 3.53. The number of nitrogens with zero attached hydrogens (tertiary/aromatic N) is 3. The Morgan fingerprint density at radius 1 is 1.42 bits per heavy atom. The number of nitriles is 1. The van der Waals surface area contributed by atoms with Crippen molar-refractivity contribution in [1.29, 1.82) is 5.26 Å². The number of rotatable bonds is 4. The van der Waals surface area contributed by atoms with Crippen LogP contribution in [0.2, 0.25) is 0 Å². The molecule has 1 fully saturated rings. The lowest BCUT2D eigenvalue weighted by Crippen LogP contribution is -2.29. The van der Waals surface area contributed by atoms with Crippen LogP contribution in [0.4, 0.5) is 11.4 Å². The molecule has 2 aliphatic rings. The fraction of sp³-hybridized carbons (Fsp3) is 0.400. The SMILES string of the molecule is COc1ncc(N2CCOc3ccc(CC4CCNC4)cc32)cc1C#N. The molecule has 6 nitrogen and oxygen atoms in total. The Balaban J connectivity index is 1.66.